The molecule has 1 aliphatic carbocycles. The van der Waals surface area contributed by atoms with Crippen LogP contribution in [-0.2, 0) is 4.79 Å². The Labute approximate surface area is 186 Å². The first-order chi connectivity index (χ1) is 15.0. The molecule has 2 aromatic heterocycles. The first kappa shape index (κ1) is 21.4. The molecule has 1 aliphatic rings. The number of hydrogen-bond donors (Lipinski definition) is 2. The molecule has 4 rings (SSSR count). The Kier molecular flexibility index (Phi) is 6.61. The fraction of sp³-hybridized carbons (Fsp3) is 0.375. The van der Waals surface area contributed by atoms with Crippen LogP contribution in [0.1, 0.15) is 43.4 Å². The van der Waals surface area contributed by atoms with Crippen molar-refractivity contribution in [3.8, 4) is 5.69 Å². The number of fused-ring (bicyclic) bond motifs is 1. The second-order valence-electron chi connectivity index (χ2n) is 8.08. The van der Waals surface area contributed by atoms with Crippen molar-refractivity contribution < 1.29 is 4.79 Å². The SMILES string of the molecule is Cc1ccc(-n2c(SCC(=O)NCCC3=CCCCC3)nc3cc(C)[nH]c3c2=O)cc1. The molecule has 31 heavy (non-hydrogen) atoms. The fourth-order valence-corrected chi connectivity index (χ4v) is 4.71. The van der Waals surface area contributed by atoms with Gasteiger partial charge in [0.2, 0.25) is 5.91 Å². The van der Waals surface area contributed by atoms with Crippen LogP contribution in [0.15, 0.2) is 51.9 Å². The zero-order valence-electron chi connectivity index (χ0n) is 18.0. The molecular weight excluding hydrogens is 408 g/mol. The number of amides is 1. The smallest absolute Gasteiger partial charge is 0.283 e. The summed E-state index contributed by atoms with van der Waals surface area (Å²) in [5.41, 5.74) is 5.13. The molecule has 7 heteroatoms. The molecular formula is C24H28N4O2S. The maximum Gasteiger partial charge on any atom is 0.283 e. The standard InChI is InChI=1S/C24H28N4O2S/c1-16-8-10-19(11-9-16)28-23(30)22-20(14-17(2)26-22)27-24(28)31-15-21(29)25-13-12-18-6-4-3-5-7-18/h6,8-11,14,26H,3-5,7,12-13,15H2,1-2H3,(H,25,29). The monoisotopic (exact) mass is 436 g/mol. The van der Waals surface area contributed by atoms with Crippen LogP contribution in [0.25, 0.3) is 16.7 Å². The highest BCUT2D eigenvalue weighted by Gasteiger charge is 2.16. The number of nitrogens with zero attached hydrogens (tertiary/aromatic N) is 2. The van der Waals surface area contributed by atoms with Crippen molar-refractivity contribution in [2.45, 2.75) is 51.1 Å². The van der Waals surface area contributed by atoms with Gasteiger partial charge in [0.05, 0.1) is 17.0 Å². The molecule has 0 spiro atoms. The number of thioether (sulfide) groups is 1. The van der Waals surface area contributed by atoms with E-state index in [9.17, 15) is 9.59 Å². The Morgan fingerprint density at radius 1 is 1.23 bits per heavy atom. The van der Waals surface area contributed by atoms with Gasteiger partial charge in [-0.1, -0.05) is 41.1 Å². The van der Waals surface area contributed by atoms with Crippen molar-refractivity contribution in [2.75, 3.05) is 12.3 Å². The van der Waals surface area contributed by atoms with Crippen LogP contribution in [0.4, 0.5) is 0 Å². The fourth-order valence-electron chi connectivity index (χ4n) is 3.87. The highest BCUT2D eigenvalue weighted by Crippen LogP contribution is 2.22. The van der Waals surface area contributed by atoms with E-state index in [1.165, 1.54) is 30.2 Å². The highest BCUT2D eigenvalue weighted by molar-refractivity contribution is 7.99. The minimum Gasteiger partial charge on any atom is -0.355 e. The van der Waals surface area contributed by atoms with Crippen molar-refractivity contribution in [2.24, 2.45) is 0 Å². The second kappa shape index (κ2) is 9.56. The summed E-state index contributed by atoms with van der Waals surface area (Å²) in [6.45, 7) is 4.56. The summed E-state index contributed by atoms with van der Waals surface area (Å²) in [5, 5.41) is 3.52. The number of aromatic amines is 1. The van der Waals surface area contributed by atoms with Gasteiger partial charge in [0.1, 0.15) is 5.52 Å². The van der Waals surface area contributed by atoms with Crippen molar-refractivity contribution in [3.63, 3.8) is 0 Å². The second-order valence-corrected chi connectivity index (χ2v) is 9.02. The molecule has 2 N–H and O–H groups in total. The summed E-state index contributed by atoms with van der Waals surface area (Å²) >= 11 is 1.29. The summed E-state index contributed by atoms with van der Waals surface area (Å²) in [6, 6.07) is 9.60. The number of allylic oxidation sites excluding steroid dienone is 1. The molecule has 0 unspecified atom stereocenters. The maximum atomic E-state index is 13.2. The van der Waals surface area contributed by atoms with E-state index in [1.54, 1.807) is 4.57 Å². The molecule has 1 aromatic carbocycles. The average Bonchev–Trinajstić information content (AvgIpc) is 3.15. The maximum absolute atomic E-state index is 13.2. The minimum atomic E-state index is -0.158. The lowest BCUT2D eigenvalue weighted by Crippen LogP contribution is -2.27. The van der Waals surface area contributed by atoms with E-state index in [0.29, 0.717) is 22.7 Å². The molecule has 2 heterocycles. The van der Waals surface area contributed by atoms with E-state index in [2.05, 4.69) is 21.4 Å². The van der Waals surface area contributed by atoms with Gasteiger partial charge in [0.25, 0.3) is 5.56 Å². The molecule has 6 nitrogen and oxygen atoms in total. The van der Waals surface area contributed by atoms with Gasteiger partial charge < -0.3 is 10.3 Å². The first-order valence-electron chi connectivity index (χ1n) is 10.8. The van der Waals surface area contributed by atoms with Gasteiger partial charge in [-0.05, 0) is 64.2 Å². The quantitative estimate of drug-likeness (QED) is 0.326. The highest BCUT2D eigenvalue weighted by atomic mass is 32.2. The lowest BCUT2D eigenvalue weighted by molar-refractivity contribution is -0.118. The number of benzene rings is 1. The number of carbonyl (C=O) groups excluding carboxylic acids is 1. The molecule has 0 saturated heterocycles. The van der Waals surface area contributed by atoms with Crippen LogP contribution in [-0.4, -0.2) is 32.7 Å². The third-order valence-electron chi connectivity index (χ3n) is 5.53. The van der Waals surface area contributed by atoms with E-state index >= 15 is 0 Å². The van der Waals surface area contributed by atoms with E-state index in [0.717, 1.165) is 36.2 Å². The summed E-state index contributed by atoms with van der Waals surface area (Å²) in [4.78, 5) is 33.4. The van der Waals surface area contributed by atoms with Gasteiger partial charge in [0, 0.05) is 12.2 Å². The number of nitrogens with one attached hydrogen (secondary N) is 2. The van der Waals surface area contributed by atoms with Gasteiger partial charge in [-0.2, -0.15) is 0 Å². The summed E-state index contributed by atoms with van der Waals surface area (Å²) in [5.74, 6) is 0.170. The minimum absolute atomic E-state index is 0.0449. The normalized spacial score (nSPS) is 13.9. The van der Waals surface area contributed by atoms with E-state index < -0.39 is 0 Å². The van der Waals surface area contributed by atoms with Crippen LogP contribution >= 0.6 is 11.8 Å². The Bertz CT molecular complexity index is 1170. The van der Waals surface area contributed by atoms with Crippen molar-refractivity contribution in [1.82, 2.24) is 19.9 Å². The Hall–Kier alpha value is -2.80. The molecule has 0 bridgehead atoms. The first-order valence-corrected chi connectivity index (χ1v) is 11.8. The van der Waals surface area contributed by atoms with E-state index in [4.69, 9.17) is 0 Å². The largest absolute Gasteiger partial charge is 0.355 e. The third-order valence-corrected chi connectivity index (χ3v) is 6.47. The van der Waals surface area contributed by atoms with E-state index in [1.807, 2.05) is 44.2 Å². The molecule has 0 radical (unpaired) electrons. The summed E-state index contributed by atoms with van der Waals surface area (Å²) < 4.78 is 1.59. The van der Waals surface area contributed by atoms with Crippen molar-refractivity contribution in [3.05, 3.63) is 63.6 Å². The third kappa shape index (κ3) is 5.10. The molecule has 3 aromatic rings. The number of carbonyl (C=O) groups is 1. The molecule has 0 fully saturated rings. The lowest BCUT2D eigenvalue weighted by Gasteiger charge is -2.14. The van der Waals surface area contributed by atoms with Crippen molar-refractivity contribution in [1.29, 1.82) is 0 Å². The zero-order valence-corrected chi connectivity index (χ0v) is 18.8. The Balaban J connectivity index is 1.51. The van der Waals surface area contributed by atoms with Gasteiger partial charge in [-0.25, -0.2) is 4.98 Å². The van der Waals surface area contributed by atoms with Gasteiger partial charge in [0.15, 0.2) is 5.16 Å². The van der Waals surface area contributed by atoms with Gasteiger partial charge in [-0.3, -0.25) is 14.2 Å². The molecule has 0 aliphatic heterocycles. The van der Waals surface area contributed by atoms with Crippen LogP contribution in [0.2, 0.25) is 0 Å². The van der Waals surface area contributed by atoms with Crippen LogP contribution in [0.3, 0.4) is 0 Å². The van der Waals surface area contributed by atoms with Crippen LogP contribution < -0.4 is 10.9 Å². The zero-order chi connectivity index (χ0) is 21.8. The van der Waals surface area contributed by atoms with Crippen molar-refractivity contribution >= 4 is 28.7 Å². The van der Waals surface area contributed by atoms with Crippen LogP contribution in [0, 0.1) is 13.8 Å². The average molecular weight is 437 g/mol. The number of aromatic nitrogens is 3. The van der Waals surface area contributed by atoms with Gasteiger partial charge >= 0.3 is 0 Å². The predicted molar refractivity (Wildman–Crippen MR) is 126 cm³/mol. The molecule has 1 amide bonds. The Morgan fingerprint density at radius 3 is 2.77 bits per heavy atom. The predicted octanol–water partition coefficient (Wildman–Crippen LogP) is 4.43. The summed E-state index contributed by atoms with van der Waals surface area (Å²) in [6.07, 6.45) is 8.04. The Morgan fingerprint density at radius 2 is 2.03 bits per heavy atom. The number of H-pyrrole nitrogens is 1. The van der Waals surface area contributed by atoms with Gasteiger partial charge in [-0.15, -0.1) is 0 Å². The molecule has 162 valence electrons. The lowest BCUT2D eigenvalue weighted by atomic mass is 9.97. The molecule has 0 saturated carbocycles. The number of aryl methyl sites for hydroxylation is 2. The number of hydrogen-bond acceptors (Lipinski definition) is 4. The molecule has 0 atom stereocenters. The topological polar surface area (TPSA) is 79.8 Å². The van der Waals surface area contributed by atoms with E-state index in [-0.39, 0.29) is 17.2 Å². The summed E-state index contributed by atoms with van der Waals surface area (Å²) in [7, 11) is 0. The van der Waals surface area contributed by atoms with Crippen LogP contribution in [0.5, 0.6) is 0 Å². The number of rotatable bonds is 7.